The molecule has 88 valence electrons. The summed E-state index contributed by atoms with van der Waals surface area (Å²) in [5.74, 6) is 1.01. The molecule has 0 aliphatic heterocycles. The Kier molecular flexibility index (Phi) is 2.96. The highest BCUT2D eigenvalue weighted by Gasteiger charge is 2.24. The number of hydrogen-bond donors (Lipinski definition) is 1. The largest absolute Gasteiger partial charge is 0.330 e. The van der Waals surface area contributed by atoms with E-state index in [1.54, 1.807) is 0 Å². The maximum Gasteiger partial charge on any atom is 0.0951 e. The smallest absolute Gasteiger partial charge is 0.0951 e. The SMILES string of the molecule is c1ncn(C2CC2)c1CNCCC1CCC1. The maximum atomic E-state index is 4.25. The molecule has 2 aliphatic carbocycles. The molecule has 2 aliphatic rings. The van der Waals surface area contributed by atoms with Gasteiger partial charge < -0.3 is 9.88 Å². The Labute approximate surface area is 97.3 Å². The van der Waals surface area contributed by atoms with Crippen molar-refractivity contribution in [1.29, 1.82) is 0 Å². The third-order valence-corrected chi connectivity index (χ3v) is 3.95. The van der Waals surface area contributed by atoms with Crippen LogP contribution in [0.25, 0.3) is 0 Å². The zero-order valence-corrected chi connectivity index (χ0v) is 9.86. The molecule has 1 heterocycles. The molecule has 0 aromatic carbocycles. The van der Waals surface area contributed by atoms with E-state index in [0.29, 0.717) is 0 Å². The van der Waals surface area contributed by atoms with E-state index < -0.39 is 0 Å². The molecule has 1 aromatic heterocycles. The van der Waals surface area contributed by atoms with Crippen LogP contribution < -0.4 is 5.32 Å². The summed E-state index contributed by atoms with van der Waals surface area (Å²) in [6.45, 7) is 2.16. The Balaban J connectivity index is 1.41. The van der Waals surface area contributed by atoms with Gasteiger partial charge in [0.05, 0.1) is 12.0 Å². The lowest BCUT2D eigenvalue weighted by molar-refractivity contribution is 0.291. The topological polar surface area (TPSA) is 29.9 Å². The number of aromatic nitrogens is 2. The minimum Gasteiger partial charge on any atom is -0.330 e. The van der Waals surface area contributed by atoms with Crippen LogP contribution in [0.2, 0.25) is 0 Å². The fraction of sp³-hybridized carbons (Fsp3) is 0.769. The van der Waals surface area contributed by atoms with Gasteiger partial charge >= 0.3 is 0 Å². The second kappa shape index (κ2) is 4.58. The van der Waals surface area contributed by atoms with Gasteiger partial charge in [-0.3, -0.25) is 0 Å². The first-order valence-electron chi connectivity index (χ1n) is 6.65. The summed E-state index contributed by atoms with van der Waals surface area (Å²) in [5, 5.41) is 3.55. The van der Waals surface area contributed by atoms with Crippen LogP contribution in [0.15, 0.2) is 12.5 Å². The van der Waals surface area contributed by atoms with Crippen LogP contribution >= 0.6 is 0 Å². The highest BCUT2D eigenvalue weighted by atomic mass is 15.1. The molecule has 0 unspecified atom stereocenters. The molecule has 2 saturated carbocycles. The number of rotatable bonds is 6. The highest BCUT2D eigenvalue weighted by Crippen LogP contribution is 2.35. The van der Waals surface area contributed by atoms with Gasteiger partial charge in [0.25, 0.3) is 0 Å². The van der Waals surface area contributed by atoms with Crippen molar-refractivity contribution in [3.8, 4) is 0 Å². The molecule has 2 fully saturated rings. The molecule has 1 aromatic rings. The normalized spacial score (nSPS) is 21.0. The molecule has 3 heteroatoms. The molecule has 3 nitrogen and oxygen atoms in total. The summed E-state index contributed by atoms with van der Waals surface area (Å²) in [4.78, 5) is 4.25. The Morgan fingerprint density at radius 1 is 1.31 bits per heavy atom. The quantitative estimate of drug-likeness (QED) is 0.745. The van der Waals surface area contributed by atoms with Crippen molar-refractivity contribution in [2.75, 3.05) is 6.54 Å². The predicted octanol–water partition coefficient (Wildman–Crippen LogP) is 2.50. The minimum atomic E-state index is 0.755. The van der Waals surface area contributed by atoms with Gasteiger partial charge in [-0.05, 0) is 31.7 Å². The summed E-state index contributed by atoms with van der Waals surface area (Å²) < 4.78 is 2.34. The van der Waals surface area contributed by atoms with Gasteiger partial charge in [-0.2, -0.15) is 0 Å². The summed E-state index contributed by atoms with van der Waals surface area (Å²) in [5.41, 5.74) is 1.36. The van der Waals surface area contributed by atoms with Crippen LogP contribution in [-0.2, 0) is 6.54 Å². The lowest BCUT2D eigenvalue weighted by atomic mass is 9.83. The fourth-order valence-corrected chi connectivity index (χ4v) is 2.45. The second-order valence-electron chi connectivity index (χ2n) is 5.29. The van der Waals surface area contributed by atoms with E-state index in [9.17, 15) is 0 Å². The number of nitrogens with zero attached hydrogens (tertiary/aromatic N) is 2. The van der Waals surface area contributed by atoms with Crippen molar-refractivity contribution in [2.45, 2.75) is 51.1 Å². The Hall–Kier alpha value is -0.830. The van der Waals surface area contributed by atoms with E-state index in [1.165, 1.54) is 50.8 Å². The van der Waals surface area contributed by atoms with Crippen molar-refractivity contribution in [3.05, 3.63) is 18.2 Å². The van der Waals surface area contributed by atoms with E-state index in [0.717, 1.165) is 18.5 Å². The van der Waals surface area contributed by atoms with Crippen LogP contribution in [0.1, 0.15) is 50.3 Å². The number of hydrogen-bond acceptors (Lipinski definition) is 2. The summed E-state index contributed by atoms with van der Waals surface area (Å²) >= 11 is 0. The number of nitrogens with one attached hydrogen (secondary N) is 1. The Bertz CT molecular complexity index is 337. The summed E-state index contributed by atoms with van der Waals surface area (Å²) in [7, 11) is 0. The van der Waals surface area contributed by atoms with Crippen LogP contribution in [0.4, 0.5) is 0 Å². The molecule has 0 bridgehead atoms. The standard InChI is InChI=1S/C13H21N3/c1-2-11(3-1)6-7-14-8-13-9-15-10-16(13)12-4-5-12/h9-12,14H,1-8H2. The van der Waals surface area contributed by atoms with E-state index in [2.05, 4.69) is 14.9 Å². The van der Waals surface area contributed by atoms with Gasteiger partial charge in [-0.1, -0.05) is 19.3 Å². The lowest BCUT2D eigenvalue weighted by Crippen LogP contribution is -2.22. The maximum absolute atomic E-state index is 4.25. The third kappa shape index (κ3) is 2.29. The second-order valence-corrected chi connectivity index (χ2v) is 5.29. The van der Waals surface area contributed by atoms with E-state index in [1.807, 2.05) is 12.5 Å². The van der Waals surface area contributed by atoms with Crippen molar-refractivity contribution in [2.24, 2.45) is 5.92 Å². The van der Waals surface area contributed by atoms with Crippen molar-refractivity contribution >= 4 is 0 Å². The van der Waals surface area contributed by atoms with Crippen molar-refractivity contribution in [1.82, 2.24) is 14.9 Å². The Morgan fingerprint density at radius 3 is 2.88 bits per heavy atom. The van der Waals surface area contributed by atoms with Crippen LogP contribution in [0.5, 0.6) is 0 Å². The van der Waals surface area contributed by atoms with E-state index in [-0.39, 0.29) is 0 Å². The van der Waals surface area contributed by atoms with Crippen LogP contribution in [0.3, 0.4) is 0 Å². The first-order valence-corrected chi connectivity index (χ1v) is 6.65. The summed E-state index contributed by atoms with van der Waals surface area (Å²) in [6.07, 6.45) is 12.4. The molecule has 0 spiro atoms. The van der Waals surface area contributed by atoms with Gasteiger partial charge in [0.15, 0.2) is 0 Å². The molecular weight excluding hydrogens is 198 g/mol. The van der Waals surface area contributed by atoms with E-state index >= 15 is 0 Å². The monoisotopic (exact) mass is 219 g/mol. The van der Waals surface area contributed by atoms with Gasteiger partial charge in [-0.15, -0.1) is 0 Å². The number of imidazole rings is 1. The van der Waals surface area contributed by atoms with Gasteiger partial charge in [0.2, 0.25) is 0 Å². The fourth-order valence-electron chi connectivity index (χ4n) is 2.45. The average molecular weight is 219 g/mol. The van der Waals surface area contributed by atoms with Gasteiger partial charge in [0.1, 0.15) is 0 Å². The molecule has 3 rings (SSSR count). The average Bonchev–Trinajstić information content (AvgIpc) is 2.96. The molecule has 0 radical (unpaired) electrons. The van der Waals surface area contributed by atoms with Gasteiger partial charge in [-0.25, -0.2) is 4.98 Å². The van der Waals surface area contributed by atoms with E-state index in [4.69, 9.17) is 0 Å². The summed E-state index contributed by atoms with van der Waals surface area (Å²) in [6, 6.07) is 0.755. The molecule has 0 atom stereocenters. The van der Waals surface area contributed by atoms with Crippen molar-refractivity contribution in [3.63, 3.8) is 0 Å². The molecule has 0 saturated heterocycles. The first-order chi connectivity index (χ1) is 7.93. The predicted molar refractivity (Wildman–Crippen MR) is 64.2 cm³/mol. The highest BCUT2D eigenvalue weighted by molar-refractivity contribution is 5.03. The van der Waals surface area contributed by atoms with Crippen LogP contribution in [0, 0.1) is 5.92 Å². The van der Waals surface area contributed by atoms with Crippen LogP contribution in [-0.4, -0.2) is 16.1 Å². The first kappa shape index (κ1) is 10.3. The molecule has 0 amide bonds. The van der Waals surface area contributed by atoms with Crippen molar-refractivity contribution < 1.29 is 0 Å². The molecular formula is C13H21N3. The lowest BCUT2D eigenvalue weighted by Gasteiger charge is -2.25. The minimum absolute atomic E-state index is 0.755. The zero-order valence-electron chi connectivity index (χ0n) is 9.86. The van der Waals surface area contributed by atoms with Gasteiger partial charge in [0, 0.05) is 18.8 Å². The third-order valence-electron chi connectivity index (χ3n) is 3.95. The molecule has 16 heavy (non-hydrogen) atoms. The zero-order chi connectivity index (χ0) is 10.8. The molecule has 1 N–H and O–H groups in total. The Morgan fingerprint density at radius 2 is 2.19 bits per heavy atom.